The van der Waals surface area contributed by atoms with Crippen molar-refractivity contribution < 1.29 is 84.8 Å². The number of nitrogens with zero attached hydrogens (tertiary/aromatic N) is 6. The van der Waals surface area contributed by atoms with E-state index in [9.17, 15) is 62.7 Å². The van der Waals surface area contributed by atoms with Gasteiger partial charge in [0.05, 0.1) is 25.6 Å². The zero-order valence-electron chi connectivity index (χ0n) is 28.9. The third kappa shape index (κ3) is 8.98. The molecule has 316 valence electrons. The molecule has 6 heterocycles. The van der Waals surface area contributed by atoms with Gasteiger partial charge in [0, 0.05) is 6.42 Å². The number of aliphatic hydroxyl groups is 3. The second kappa shape index (κ2) is 15.4. The fourth-order valence-corrected chi connectivity index (χ4v) is 10.7. The van der Waals surface area contributed by atoms with Gasteiger partial charge in [0.25, 0.3) is 5.56 Å². The Labute approximate surface area is 315 Å². The predicted octanol–water partition coefficient (Wildman–Crippen LogP) is -2.01. The Morgan fingerprint density at radius 1 is 0.877 bits per heavy atom. The van der Waals surface area contributed by atoms with Gasteiger partial charge < -0.3 is 60.4 Å². The van der Waals surface area contributed by atoms with E-state index in [0.29, 0.717) is 13.8 Å². The highest BCUT2D eigenvalue weighted by atomic mass is 31.3. The maximum Gasteiger partial charge on any atom is 0.490 e. The number of nitrogens with two attached hydrogens (primary N) is 2. The van der Waals surface area contributed by atoms with E-state index in [0.717, 1.165) is 17.2 Å². The van der Waals surface area contributed by atoms with E-state index in [4.69, 9.17) is 25.5 Å². The van der Waals surface area contributed by atoms with E-state index in [1.165, 1.54) is 4.57 Å². The van der Waals surface area contributed by atoms with Crippen molar-refractivity contribution in [3.8, 4) is 0 Å². The molecule has 2 fully saturated rings. The first-order chi connectivity index (χ1) is 26.3. The molecule has 2 aliphatic heterocycles. The first-order valence-corrected chi connectivity index (χ1v) is 21.9. The zero-order chi connectivity index (χ0) is 42.0. The lowest BCUT2D eigenvalue weighted by Crippen LogP contribution is -2.33. The maximum atomic E-state index is 13.2. The number of ether oxygens (including phenoxy) is 2. The molecule has 0 radical (unpaired) electrons. The van der Waals surface area contributed by atoms with E-state index in [1.807, 2.05) is 0 Å². The van der Waals surface area contributed by atoms with E-state index >= 15 is 0 Å². The van der Waals surface area contributed by atoms with Gasteiger partial charge in [0.1, 0.15) is 42.5 Å². The minimum absolute atomic E-state index is 0.0138. The maximum absolute atomic E-state index is 13.2. The molecule has 8 unspecified atom stereocenters. The summed E-state index contributed by atoms with van der Waals surface area (Å²) in [4.78, 5) is 85.7. The SMILES string of the molecule is CC(C)(OP(=O)(O)OP(=O)(O)OP(=O)(O)OC[C@H]1O[C@@H](n2cnc3c(N)ncnc32)C(O)C1O)P(=O)(O)OCC1OC(n2c(=O)[nH]c3c(=O)[nH]c(N)nc32)C[C@H]1O. The van der Waals surface area contributed by atoms with Crippen molar-refractivity contribution in [1.82, 2.24) is 39.0 Å². The van der Waals surface area contributed by atoms with Crippen LogP contribution in [0.25, 0.3) is 22.3 Å². The van der Waals surface area contributed by atoms with Gasteiger partial charge in [-0.25, -0.2) is 38.0 Å². The second-order valence-electron chi connectivity index (χ2n) is 12.7. The van der Waals surface area contributed by atoms with Gasteiger partial charge in [0.15, 0.2) is 34.2 Å². The molecule has 13 N–H and O–H groups in total. The summed E-state index contributed by atoms with van der Waals surface area (Å²) in [6.07, 6.45) is -8.78. The minimum Gasteiger partial charge on any atom is -0.390 e. The van der Waals surface area contributed by atoms with E-state index in [-0.39, 0.29) is 40.5 Å². The molecule has 2 aliphatic rings. The number of fused-ring (bicyclic) bond motifs is 2. The fraction of sp³-hybridized carbons (Fsp3) is 0.565. The molecular weight excluding hydrogens is 860 g/mol. The van der Waals surface area contributed by atoms with Gasteiger partial charge in [-0.15, -0.1) is 0 Å². The van der Waals surface area contributed by atoms with E-state index < -0.39 is 104 Å². The first-order valence-electron chi connectivity index (χ1n) is 15.8. The van der Waals surface area contributed by atoms with Crippen molar-refractivity contribution in [3.63, 3.8) is 0 Å². The topological polar surface area (TPSA) is 454 Å². The van der Waals surface area contributed by atoms with Crippen molar-refractivity contribution in [2.45, 2.75) is 68.6 Å². The Morgan fingerprint density at radius 3 is 2.25 bits per heavy atom. The highest BCUT2D eigenvalue weighted by molar-refractivity contribution is 7.67. The lowest BCUT2D eigenvalue weighted by molar-refractivity contribution is -0.0503. The summed E-state index contributed by atoms with van der Waals surface area (Å²) in [5.74, 6) is -0.356. The number of aromatic nitrogens is 8. The van der Waals surface area contributed by atoms with Gasteiger partial charge in [-0.3, -0.25) is 32.9 Å². The van der Waals surface area contributed by atoms with Gasteiger partial charge in [-0.05, 0) is 13.8 Å². The van der Waals surface area contributed by atoms with E-state index in [2.05, 4.69) is 47.6 Å². The predicted molar refractivity (Wildman–Crippen MR) is 184 cm³/mol. The van der Waals surface area contributed by atoms with Crippen LogP contribution in [0.2, 0.25) is 0 Å². The molecule has 4 aromatic heterocycles. The highest BCUT2D eigenvalue weighted by Gasteiger charge is 2.52. The van der Waals surface area contributed by atoms with E-state index in [1.54, 1.807) is 0 Å². The third-order valence-corrected chi connectivity index (χ3v) is 14.9. The number of hydrogen-bond acceptors (Lipinski definition) is 22. The van der Waals surface area contributed by atoms with Crippen molar-refractivity contribution in [2.24, 2.45) is 0 Å². The largest absolute Gasteiger partial charge is 0.490 e. The minimum atomic E-state index is -6.14. The Morgan fingerprint density at radius 2 is 1.54 bits per heavy atom. The number of imidazole rings is 2. The number of aromatic amines is 2. The van der Waals surface area contributed by atoms with Gasteiger partial charge in [0.2, 0.25) is 5.95 Å². The Bertz CT molecular complexity index is 2490. The molecule has 57 heavy (non-hydrogen) atoms. The molecule has 6 rings (SSSR count). The molecule has 0 spiro atoms. The summed E-state index contributed by atoms with van der Waals surface area (Å²) in [5, 5.41) is 28.8. The molecule has 0 bridgehead atoms. The zero-order valence-corrected chi connectivity index (χ0v) is 32.5. The van der Waals surface area contributed by atoms with Crippen molar-refractivity contribution in [3.05, 3.63) is 33.5 Å². The number of anilines is 2. The highest BCUT2D eigenvalue weighted by Crippen LogP contribution is 2.71. The normalized spacial score (nSPS) is 28.6. The summed E-state index contributed by atoms with van der Waals surface area (Å²) in [6.45, 7) is -0.601. The van der Waals surface area contributed by atoms with Crippen LogP contribution >= 0.6 is 31.1 Å². The molecule has 0 aliphatic carbocycles. The molecule has 30 nitrogen and oxygen atoms in total. The number of phosphoric ester groups is 2. The standard InChI is InChI=1S/C23H34N10O20P4/c1-23(2,54(39,40)47-4-9-8(34)3-11(49-9)33-18-13(29-22(33)38)19(37)31-21(25)30-18)51-56(43,44)53-57(45,46)52-55(41,42)48-5-10-14(35)15(36)20(50-10)32-7-28-12-16(24)26-6-27-17(12)32/h6-11,14-15,20,34-36H,3-5H2,1-2H3,(H,29,38)(H,39,40)(H,41,42)(H,43,44)(H,45,46)(H2,24,26,27)(H3,25,30,31,37)/t8-,9?,10-,11?,14?,15?,20-/m1/s1. The van der Waals surface area contributed by atoms with Crippen LogP contribution in [0.5, 0.6) is 0 Å². The number of H-pyrrole nitrogens is 2. The van der Waals surface area contributed by atoms with Crippen LogP contribution in [0.1, 0.15) is 32.7 Å². The summed E-state index contributed by atoms with van der Waals surface area (Å²) in [5.41, 5.74) is 9.36. The summed E-state index contributed by atoms with van der Waals surface area (Å²) >= 11 is 0. The summed E-state index contributed by atoms with van der Waals surface area (Å²) in [7, 11) is -23.2. The van der Waals surface area contributed by atoms with Crippen molar-refractivity contribution in [2.75, 3.05) is 24.7 Å². The van der Waals surface area contributed by atoms with Crippen LogP contribution in [0.3, 0.4) is 0 Å². The third-order valence-electron chi connectivity index (χ3n) is 8.34. The molecule has 0 aromatic carbocycles. The van der Waals surface area contributed by atoms with Crippen LogP contribution in [0, 0.1) is 0 Å². The summed E-state index contributed by atoms with van der Waals surface area (Å²) in [6, 6.07) is 0. The monoisotopic (exact) mass is 894 g/mol. The second-order valence-corrected chi connectivity index (χ2v) is 19.7. The lowest BCUT2D eigenvalue weighted by Gasteiger charge is -2.31. The summed E-state index contributed by atoms with van der Waals surface area (Å²) < 4.78 is 86.3. The first kappa shape index (κ1) is 43.2. The van der Waals surface area contributed by atoms with Crippen LogP contribution in [0.15, 0.2) is 22.2 Å². The van der Waals surface area contributed by atoms with Gasteiger partial charge in [-0.2, -0.15) is 13.6 Å². The van der Waals surface area contributed by atoms with Crippen LogP contribution < -0.4 is 22.7 Å². The van der Waals surface area contributed by atoms with Gasteiger partial charge in [-0.1, -0.05) is 0 Å². The Hall–Kier alpha value is -3.34. The molecular formula is C23H34N10O20P4. The number of nitrogen functional groups attached to an aromatic ring is 2. The quantitative estimate of drug-likeness (QED) is 0.0574. The molecule has 4 aromatic rings. The number of aliphatic hydroxyl groups excluding tert-OH is 3. The number of nitrogens with one attached hydrogen (secondary N) is 2. The number of rotatable bonds is 15. The Balaban J connectivity index is 1.03. The average molecular weight is 894 g/mol. The lowest BCUT2D eigenvalue weighted by atomic mass is 10.1. The molecule has 34 heteroatoms. The van der Waals surface area contributed by atoms with Crippen molar-refractivity contribution in [1.29, 1.82) is 0 Å². The fourth-order valence-electron chi connectivity index (χ4n) is 5.62. The average Bonchev–Trinajstić information content (AvgIpc) is 3.81. The molecule has 0 saturated carbocycles. The number of phosphoric acid groups is 3. The van der Waals surface area contributed by atoms with Crippen molar-refractivity contribution >= 4 is 65.2 Å². The van der Waals surface area contributed by atoms with Crippen LogP contribution in [-0.4, -0.2) is 123 Å². The van der Waals surface area contributed by atoms with Crippen LogP contribution in [0.4, 0.5) is 11.8 Å². The molecule has 0 amide bonds. The smallest absolute Gasteiger partial charge is 0.390 e. The van der Waals surface area contributed by atoms with Crippen LogP contribution in [-0.2, 0) is 49.9 Å². The van der Waals surface area contributed by atoms with Gasteiger partial charge >= 0.3 is 36.8 Å². The Kier molecular flexibility index (Phi) is 11.7. The number of hydrogen-bond donors (Lipinski definition) is 11. The molecule has 11 atom stereocenters. The molecule has 2 saturated heterocycles.